The maximum absolute atomic E-state index is 12.8. The topological polar surface area (TPSA) is 78.9 Å². The van der Waals surface area contributed by atoms with E-state index in [9.17, 15) is 13.2 Å². The highest BCUT2D eigenvalue weighted by molar-refractivity contribution is 7.89. The van der Waals surface area contributed by atoms with Crippen LogP contribution in [0.3, 0.4) is 0 Å². The zero-order valence-corrected chi connectivity index (χ0v) is 17.8. The lowest BCUT2D eigenvalue weighted by molar-refractivity contribution is -0.122. The van der Waals surface area contributed by atoms with Crippen molar-refractivity contribution in [3.63, 3.8) is 0 Å². The third-order valence-electron chi connectivity index (χ3n) is 4.99. The number of para-hydroxylation sites is 1. The molecule has 7 nitrogen and oxygen atoms in total. The summed E-state index contributed by atoms with van der Waals surface area (Å²) < 4.78 is 32.8. The number of aryl methyl sites for hydroxylation is 1. The molecule has 1 amide bonds. The fourth-order valence-electron chi connectivity index (χ4n) is 3.06. The molecule has 0 unspecified atom stereocenters. The van der Waals surface area contributed by atoms with E-state index >= 15 is 0 Å². The first-order valence-corrected chi connectivity index (χ1v) is 11.0. The Morgan fingerprint density at radius 3 is 2.28 bits per heavy atom. The fourth-order valence-corrected chi connectivity index (χ4v) is 4.49. The van der Waals surface area contributed by atoms with Crippen LogP contribution in [0.25, 0.3) is 0 Å². The van der Waals surface area contributed by atoms with Gasteiger partial charge in [0.2, 0.25) is 10.0 Å². The van der Waals surface area contributed by atoms with Gasteiger partial charge >= 0.3 is 0 Å². The van der Waals surface area contributed by atoms with Gasteiger partial charge < -0.3 is 15.0 Å². The summed E-state index contributed by atoms with van der Waals surface area (Å²) in [4.78, 5) is 14.7. The molecule has 0 aromatic heterocycles. The average molecular weight is 418 g/mol. The van der Waals surface area contributed by atoms with E-state index in [4.69, 9.17) is 4.74 Å². The van der Waals surface area contributed by atoms with Crippen molar-refractivity contribution in [3.8, 4) is 5.75 Å². The molecule has 0 bridgehead atoms. The van der Waals surface area contributed by atoms with Crippen molar-refractivity contribution in [2.24, 2.45) is 0 Å². The molecule has 2 aromatic carbocycles. The molecule has 1 N–H and O–H groups in total. The minimum Gasteiger partial charge on any atom is -0.481 e. The molecule has 0 saturated carbocycles. The molecule has 3 rings (SSSR count). The third kappa shape index (κ3) is 5.14. The van der Waals surface area contributed by atoms with Crippen LogP contribution in [0, 0.1) is 6.92 Å². The summed E-state index contributed by atoms with van der Waals surface area (Å²) in [5.41, 5.74) is 1.47. The Labute approximate surface area is 172 Å². The van der Waals surface area contributed by atoms with Gasteiger partial charge in [-0.1, -0.05) is 18.2 Å². The van der Waals surface area contributed by atoms with E-state index in [0.717, 1.165) is 5.56 Å². The fraction of sp³-hybridized carbons (Fsp3) is 0.381. The Bertz CT molecular complexity index is 952. The van der Waals surface area contributed by atoms with Gasteiger partial charge in [0.05, 0.1) is 4.90 Å². The Morgan fingerprint density at radius 2 is 1.66 bits per heavy atom. The third-order valence-corrected chi connectivity index (χ3v) is 6.90. The van der Waals surface area contributed by atoms with E-state index < -0.39 is 16.1 Å². The lowest BCUT2D eigenvalue weighted by Crippen LogP contribution is -2.46. The van der Waals surface area contributed by atoms with Crippen LogP contribution in [0.2, 0.25) is 0 Å². The van der Waals surface area contributed by atoms with Gasteiger partial charge in [0.15, 0.2) is 6.10 Å². The number of nitrogens with zero attached hydrogens (tertiary/aromatic N) is 2. The van der Waals surface area contributed by atoms with Crippen molar-refractivity contribution in [2.45, 2.75) is 24.8 Å². The minimum absolute atomic E-state index is 0.226. The summed E-state index contributed by atoms with van der Waals surface area (Å²) >= 11 is 0. The molecule has 2 aromatic rings. The predicted octanol–water partition coefficient (Wildman–Crippen LogP) is 2.34. The molecule has 156 valence electrons. The lowest BCUT2D eigenvalue weighted by atomic mass is 10.2. The second-order valence-corrected chi connectivity index (χ2v) is 9.18. The zero-order valence-electron chi connectivity index (χ0n) is 17.0. The van der Waals surface area contributed by atoms with Crippen LogP contribution in [-0.4, -0.2) is 62.9 Å². The van der Waals surface area contributed by atoms with Gasteiger partial charge in [-0.25, -0.2) is 8.42 Å². The van der Waals surface area contributed by atoms with Gasteiger partial charge in [0.25, 0.3) is 5.91 Å². The number of carbonyl (C=O) groups is 1. The molecular formula is C21H27N3O4S. The number of carbonyl (C=O) groups excluding carboxylic acids is 1. The zero-order chi connectivity index (χ0) is 21.0. The highest BCUT2D eigenvalue weighted by Crippen LogP contribution is 2.21. The van der Waals surface area contributed by atoms with Gasteiger partial charge in [-0.2, -0.15) is 4.31 Å². The van der Waals surface area contributed by atoms with Crippen LogP contribution in [-0.2, 0) is 14.8 Å². The first-order valence-electron chi connectivity index (χ1n) is 9.59. The van der Waals surface area contributed by atoms with Crippen LogP contribution in [0.1, 0.15) is 12.5 Å². The number of hydrogen-bond acceptors (Lipinski definition) is 5. The Morgan fingerprint density at radius 1 is 1.03 bits per heavy atom. The van der Waals surface area contributed by atoms with Crippen LogP contribution in [0.4, 0.5) is 5.69 Å². The number of ether oxygens (including phenoxy) is 1. The van der Waals surface area contributed by atoms with Gasteiger partial charge in [-0.15, -0.1) is 0 Å². The second kappa shape index (κ2) is 8.94. The van der Waals surface area contributed by atoms with Crippen molar-refractivity contribution in [3.05, 3.63) is 54.1 Å². The van der Waals surface area contributed by atoms with E-state index in [0.29, 0.717) is 37.6 Å². The Hall–Kier alpha value is -2.42. The molecule has 1 aliphatic heterocycles. The summed E-state index contributed by atoms with van der Waals surface area (Å²) in [7, 11) is -1.55. The highest BCUT2D eigenvalue weighted by atomic mass is 32.2. The Balaban J connectivity index is 1.62. The molecule has 1 aliphatic rings. The molecule has 0 spiro atoms. The number of benzene rings is 2. The number of rotatable bonds is 6. The first kappa shape index (κ1) is 21.3. The van der Waals surface area contributed by atoms with E-state index in [2.05, 4.69) is 10.2 Å². The summed E-state index contributed by atoms with van der Waals surface area (Å²) in [6.07, 6.45) is -0.690. The largest absolute Gasteiger partial charge is 0.481 e. The number of sulfonamides is 1. The standard InChI is InChI=1S/C21H27N3O4S/c1-16-6-4-5-7-20(16)28-17(2)21(25)22-18-8-10-19(11-9-18)29(26,27)24-14-12-23(3)13-15-24/h4-11,17H,12-15H2,1-3H3,(H,22,25)/t17-/m0/s1. The average Bonchev–Trinajstić information content (AvgIpc) is 2.70. The normalized spacial score (nSPS) is 16.9. The summed E-state index contributed by atoms with van der Waals surface area (Å²) in [6, 6.07) is 13.7. The van der Waals surface area contributed by atoms with Crippen molar-refractivity contribution < 1.29 is 17.9 Å². The smallest absolute Gasteiger partial charge is 0.265 e. The van der Waals surface area contributed by atoms with Crippen molar-refractivity contribution in [1.29, 1.82) is 0 Å². The monoisotopic (exact) mass is 417 g/mol. The van der Waals surface area contributed by atoms with Gasteiger partial charge in [0, 0.05) is 31.9 Å². The molecule has 1 saturated heterocycles. The van der Waals surface area contributed by atoms with Crippen LogP contribution in [0.15, 0.2) is 53.4 Å². The van der Waals surface area contributed by atoms with Gasteiger partial charge in [-0.3, -0.25) is 4.79 Å². The maximum Gasteiger partial charge on any atom is 0.265 e. The van der Waals surface area contributed by atoms with Gasteiger partial charge in [0.1, 0.15) is 5.75 Å². The summed E-state index contributed by atoms with van der Waals surface area (Å²) in [5.74, 6) is 0.353. The van der Waals surface area contributed by atoms with Crippen molar-refractivity contribution in [2.75, 3.05) is 38.5 Å². The van der Waals surface area contributed by atoms with Crippen molar-refractivity contribution >= 4 is 21.6 Å². The molecule has 0 radical (unpaired) electrons. The predicted molar refractivity (Wildman–Crippen MR) is 113 cm³/mol. The van der Waals surface area contributed by atoms with Crippen molar-refractivity contribution in [1.82, 2.24) is 9.21 Å². The SMILES string of the molecule is Cc1ccccc1O[C@@H](C)C(=O)Nc1ccc(S(=O)(=O)N2CCN(C)CC2)cc1. The quantitative estimate of drug-likeness (QED) is 0.781. The maximum atomic E-state index is 12.8. The lowest BCUT2D eigenvalue weighted by Gasteiger charge is -2.31. The number of hydrogen-bond donors (Lipinski definition) is 1. The number of piperazine rings is 1. The highest BCUT2D eigenvalue weighted by Gasteiger charge is 2.27. The van der Waals surface area contributed by atoms with E-state index in [1.807, 2.05) is 38.2 Å². The first-order chi connectivity index (χ1) is 13.8. The number of likely N-dealkylation sites (N-methyl/N-ethyl adjacent to an activating group) is 1. The minimum atomic E-state index is -3.52. The molecule has 1 fully saturated rings. The van der Waals surface area contributed by atoms with Crippen LogP contribution in [0.5, 0.6) is 5.75 Å². The Kier molecular flexibility index (Phi) is 6.56. The van der Waals surface area contributed by atoms with Crippen LogP contribution < -0.4 is 10.1 Å². The van der Waals surface area contributed by atoms with E-state index in [1.54, 1.807) is 19.1 Å². The van der Waals surface area contributed by atoms with E-state index in [1.165, 1.54) is 16.4 Å². The molecule has 0 aliphatic carbocycles. The molecule has 29 heavy (non-hydrogen) atoms. The van der Waals surface area contributed by atoms with E-state index in [-0.39, 0.29) is 10.8 Å². The number of amides is 1. The summed E-state index contributed by atoms with van der Waals surface area (Å²) in [6.45, 7) is 5.97. The number of anilines is 1. The molecule has 8 heteroatoms. The van der Waals surface area contributed by atoms with Crippen LogP contribution >= 0.6 is 0 Å². The molecular weight excluding hydrogens is 390 g/mol. The summed E-state index contributed by atoms with van der Waals surface area (Å²) in [5, 5.41) is 2.77. The van der Waals surface area contributed by atoms with Gasteiger partial charge in [-0.05, 0) is 56.8 Å². The second-order valence-electron chi connectivity index (χ2n) is 7.25. The number of nitrogens with one attached hydrogen (secondary N) is 1. The molecule has 1 atom stereocenters. The molecule has 1 heterocycles.